The van der Waals surface area contributed by atoms with Gasteiger partial charge in [-0.15, -0.1) is 0 Å². The molecule has 1 N–H and O–H groups in total. The fourth-order valence-electron chi connectivity index (χ4n) is 4.80. The Morgan fingerprint density at radius 3 is 2.37 bits per heavy atom. The first kappa shape index (κ1) is 21.3. The Labute approximate surface area is 179 Å². The minimum absolute atomic E-state index is 0.146. The highest BCUT2D eigenvalue weighted by Gasteiger charge is 2.49. The van der Waals surface area contributed by atoms with Gasteiger partial charge in [-0.1, -0.05) is 45.9 Å². The Hall–Kier alpha value is -1.92. The number of fused-ring (bicyclic) bond motifs is 1. The van der Waals surface area contributed by atoms with E-state index in [0.717, 1.165) is 47.3 Å². The number of ketones is 1. The molecule has 1 aliphatic heterocycles. The van der Waals surface area contributed by atoms with E-state index in [9.17, 15) is 13.2 Å². The fraction of sp³-hybridized carbons (Fsp3) is 0.542. The zero-order valence-electron chi connectivity index (χ0n) is 18.6. The van der Waals surface area contributed by atoms with Crippen LogP contribution in [0.5, 0.6) is 0 Å². The van der Waals surface area contributed by atoms with Crippen LogP contribution >= 0.6 is 0 Å². The van der Waals surface area contributed by atoms with E-state index in [-0.39, 0.29) is 11.2 Å². The van der Waals surface area contributed by atoms with Crippen molar-refractivity contribution in [3.63, 3.8) is 0 Å². The lowest BCUT2D eigenvalue weighted by Gasteiger charge is -2.44. The molecule has 0 saturated carbocycles. The molecule has 2 aromatic rings. The molecule has 0 spiro atoms. The molecular formula is C24H32N2O3S. The highest BCUT2D eigenvalue weighted by Crippen LogP contribution is 2.49. The van der Waals surface area contributed by atoms with E-state index in [1.165, 1.54) is 0 Å². The van der Waals surface area contributed by atoms with Crippen LogP contribution in [0.15, 0.2) is 29.2 Å². The third kappa shape index (κ3) is 3.16. The molecule has 1 aromatic heterocycles. The predicted molar refractivity (Wildman–Crippen MR) is 118 cm³/mol. The van der Waals surface area contributed by atoms with Crippen molar-refractivity contribution in [3.8, 4) is 0 Å². The zero-order chi connectivity index (χ0) is 21.9. The first-order valence-corrected chi connectivity index (χ1v) is 12.2. The summed E-state index contributed by atoms with van der Waals surface area (Å²) in [7, 11) is -3.52. The van der Waals surface area contributed by atoms with Crippen LogP contribution in [0.3, 0.4) is 0 Å². The quantitative estimate of drug-likeness (QED) is 0.780. The second-order valence-electron chi connectivity index (χ2n) is 9.99. The number of hydrogen-bond acceptors (Lipinski definition) is 3. The highest BCUT2D eigenvalue weighted by molar-refractivity contribution is 7.89. The number of sulfonamides is 1. The van der Waals surface area contributed by atoms with Crippen molar-refractivity contribution < 1.29 is 13.2 Å². The number of benzene rings is 1. The first-order chi connectivity index (χ1) is 14.0. The van der Waals surface area contributed by atoms with Gasteiger partial charge in [0.05, 0.1) is 4.90 Å². The molecule has 2 aliphatic rings. The van der Waals surface area contributed by atoms with E-state index in [1.807, 2.05) is 32.9 Å². The van der Waals surface area contributed by atoms with Gasteiger partial charge >= 0.3 is 0 Å². The number of aryl methyl sites for hydroxylation is 1. The van der Waals surface area contributed by atoms with Gasteiger partial charge in [-0.3, -0.25) is 4.79 Å². The summed E-state index contributed by atoms with van der Waals surface area (Å²) in [5.41, 5.74) is 3.76. The lowest BCUT2D eigenvalue weighted by atomic mass is 9.58. The molecule has 0 atom stereocenters. The number of rotatable bonds is 4. The van der Waals surface area contributed by atoms with E-state index in [0.29, 0.717) is 24.4 Å². The monoisotopic (exact) mass is 428 g/mol. The van der Waals surface area contributed by atoms with Gasteiger partial charge in [0.25, 0.3) is 0 Å². The number of aromatic nitrogens is 1. The molecule has 0 bridgehead atoms. The number of aromatic amines is 1. The van der Waals surface area contributed by atoms with Crippen molar-refractivity contribution in [1.82, 2.24) is 9.29 Å². The molecule has 30 heavy (non-hydrogen) atoms. The number of H-pyrrole nitrogens is 1. The third-order valence-electron chi connectivity index (χ3n) is 7.52. The van der Waals surface area contributed by atoms with Crippen molar-refractivity contribution in [3.05, 3.63) is 52.3 Å². The van der Waals surface area contributed by atoms with Crippen molar-refractivity contribution in [2.24, 2.45) is 10.8 Å². The standard InChI is InChI=1S/C24H32N2O3S/c1-16-18(21-19(25-16)15-23(2,3)24(4,5)22(21)27)14-17-10-6-7-11-20(17)30(28,29)26-12-8-9-13-26/h6-7,10-11,25H,8-9,12-15H2,1-5H3. The minimum Gasteiger partial charge on any atom is -0.362 e. The predicted octanol–water partition coefficient (Wildman–Crippen LogP) is 4.49. The van der Waals surface area contributed by atoms with Crippen LogP contribution in [0.2, 0.25) is 0 Å². The number of Topliss-reactive ketones (excluding diaryl/α,β-unsaturated/α-hetero) is 1. The number of carbonyl (C=O) groups is 1. The van der Waals surface area contributed by atoms with Gasteiger partial charge < -0.3 is 4.98 Å². The average Bonchev–Trinajstić information content (AvgIpc) is 3.30. The molecule has 0 radical (unpaired) electrons. The first-order valence-electron chi connectivity index (χ1n) is 10.8. The van der Waals surface area contributed by atoms with Gasteiger partial charge in [0.15, 0.2) is 5.78 Å². The molecule has 4 rings (SSSR count). The summed E-state index contributed by atoms with van der Waals surface area (Å²) in [6.07, 6.45) is 3.05. The van der Waals surface area contributed by atoms with E-state index in [1.54, 1.807) is 16.4 Å². The second kappa shape index (κ2) is 7.06. The van der Waals surface area contributed by atoms with Crippen molar-refractivity contribution in [2.75, 3.05) is 13.1 Å². The normalized spacial score (nSPS) is 21.0. The summed E-state index contributed by atoms with van der Waals surface area (Å²) < 4.78 is 28.1. The average molecular weight is 429 g/mol. The molecule has 1 aliphatic carbocycles. The van der Waals surface area contributed by atoms with Crippen LogP contribution in [-0.2, 0) is 22.9 Å². The van der Waals surface area contributed by atoms with Crippen LogP contribution in [0, 0.1) is 17.8 Å². The number of hydrogen-bond donors (Lipinski definition) is 1. The van der Waals surface area contributed by atoms with Crippen LogP contribution in [-0.4, -0.2) is 36.6 Å². The Kier molecular flexibility index (Phi) is 5.02. The second-order valence-corrected chi connectivity index (χ2v) is 11.9. The lowest BCUT2D eigenvalue weighted by Crippen LogP contribution is -2.45. The third-order valence-corrected chi connectivity index (χ3v) is 9.52. The van der Waals surface area contributed by atoms with E-state index >= 15 is 0 Å². The Morgan fingerprint density at radius 1 is 1.07 bits per heavy atom. The number of nitrogens with zero attached hydrogens (tertiary/aromatic N) is 1. The van der Waals surface area contributed by atoms with Gasteiger partial charge in [0.1, 0.15) is 0 Å². The Bertz CT molecular complexity index is 1100. The van der Waals surface area contributed by atoms with E-state index < -0.39 is 15.4 Å². The van der Waals surface area contributed by atoms with Gasteiger partial charge in [0.2, 0.25) is 10.0 Å². The largest absolute Gasteiger partial charge is 0.362 e. The SMILES string of the molecule is Cc1[nH]c2c(c1Cc1ccccc1S(=O)(=O)N1CCCC1)C(=O)C(C)(C)C(C)(C)C2. The van der Waals surface area contributed by atoms with Gasteiger partial charge in [-0.2, -0.15) is 4.31 Å². The minimum atomic E-state index is -3.52. The van der Waals surface area contributed by atoms with Crippen LogP contribution in [0.25, 0.3) is 0 Å². The summed E-state index contributed by atoms with van der Waals surface area (Å²) in [6, 6.07) is 7.24. The number of nitrogens with one attached hydrogen (secondary N) is 1. The molecule has 5 nitrogen and oxygen atoms in total. The molecular weight excluding hydrogens is 396 g/mol. The lowest BCUT2D eigenvalue weighted by molar-refractivity contribution is 0.0528. The maximum atomic E-state index is 13.5. The van der Waals surface area contributed by atoms with Gasteiger partial charge in [-0.05, 0) is 48.8 Å². The van der Waals surface area contributed by atoms with Gasteiger partial charge in [-0.25, -0.2) is 8.42 Å². The molecule has 6 heteroatoms. The smallest absolute Gasteiger partial charge is 0.243 e. The van der Waals surface area contributed by atoms with Crippen molar-refractivity contribution in [2.45, 2.75) is 65.2 Å². The molecule has 0 amide bonds. The molecule has 1 aromatic carbocycles. The summed E-state index contributed by atoms with van der Waals surface area (Å²) in [5, 5.41) is 0. The zero-order valence-corrected chi connectivity index (χ0v) is 19.4. The van der Waals surface area contributed by atoms with Crippen molar-refractivity contribution in [1.29, 1.82) is 0 Å². The van der Waals surface area contributed by atoms with Gasteiger partial charge in [0, 0.05) is 41.9 Å². The summed E-state index contributed by atoms with van der Waals surface area (Å²) in [4.78, 5) is 17.3. The van der Waals surface area contributed by atoms with Crippen molar-refractivity contribution >= 4 is 15.8 Å². The van der Waals surface area contributed by atoms with Crippen LogP contribution < -0.4 is 0 Å². The van der Waals surface area contributed by atoms with E-state index in [4.69, 9.17) is 0 Å². The molecule has 162 valence electrons. The van der Waals surface area contributed by atoms with E-state index in [2.05, 4.69) is 18.8 Å². The number of carbonyl (C=O) groups excluding carboxylic acids is 1. The fourth-order valence-corrected chi connectivity index (χ4v) is 6.54. The summed E-state index contributed by atoms with van der Waals surface area (Å²) >= 11 is 0. The topological polar surface area (TPSA) is 70.2 Å². The highest BCUT2D eigenvalue weighted by atomic mass is 32.2. The maximum absolute atomic E-state index is 13.5. The summed E-state index contributed by atoms with van der Waals surface area (Å²) in [6.45, 7) is 11.5. The Balaban J connectivity index is 1.79. The molecule has 2 heterocycles. The molecule has 1 saturated heterocycles. The Morgan fingerprint density at radius 2 is 1.70 bits per heavy atom. The van der Waals surface area contributed by atoms with Crippen LogP contribution in [0.1, 0.15) is 73.4 Å². The maximum Gasteiger partial charge on any atom is 0.243 e. The van der Waals surface area contributed by atoms with Crippen LogP contribution in [0.4, 0.5) is 0 Å². The molecule has 1 fully saturated rings. The summed E-state index contributed by atoms with van der Waals surface area (Å²) in [5.74, 6) is 0.146. The molecule has 0 unspecified atom stereocenters.